The van der Waals surface area contributed by atoms with Crippen molar-refractivity contribution in [1.82, 2.24) is 5.32 Å². The van der Waals surface area contributed by atoms with E-state index in [2.05, 4.69) is 55.6 Å². The first kappa shape index (κ1) is 55.6. The maximum Gasteiger partial charge on any atom is 0.220 e. The molecule has 1 amide bonds. The quantitative estimate of drug-likeness (QED) is 0.0424. The van der Waals surface area contributed by atoms with E-state index in [0.29, 0.717) is 12.8 Å². The van der Waals surface area contributed by atoms with E-state index in [4.69, 9.17) is 0 Å². The first-order valence-electron chi connectivity index (χ1n) is 25.7. The Morgan fingerprint density at radius 3 is 1.16 bits per heavy atom. The summed E-state index contributed by atoms with van der Waals surface area (Å²) < 4.78 is 0. The minimum Gasteiger partial charge on any atom is -0.394 e. The van der Waals surface area contributed by atoms with Gasteiger partial charge in [-0.2, -0.15) is 0 Å². The summed E-state index contributed by atoms with van der Waals surface area (Å²) in [5.41, 5.74) is 0. The van der Waals surface area contributed by atoms with Gasteiger partial charge in [0.15, 0.2) is 0 Å². The van der Waals surface area contributed by atoms with Crippen molar-refractivity contribution in [3.05, 3.63) is 36.5 Å². The van der Waals surface area contributed by atoms with Crippen molar-refractivity contribution in [1.29, 1.82) is 0 Å². The van der Waals surface area contributed by atoms with Crippen LogP contribution in [0.1, 0.15) is 277 Å². The van der Waals surface area contributed by atoms with E-state index in [-0.39, 0.29) is 12.5 Å². The molecule has 0 aromatic carbocycles. The van der Waals surface area contributed by atoms with Crippen molar-refractivity contribution in [3.8, 4) is 0 Å². The summed E-state index contributed by atoms with van der Waals surface area (Å²) >= 11 is 0. The third-order valence-electron chi connectivity index (χ3n) is 11.9. The van der Waals surface area contributed by atoms with E-state index in [1.54, 1.807) is 0 Å². The summed E-state index contributed by atoms with van der Waals surface area (Å²) in [5, 5.41) is 23.3. The molecule has 0 radical (unpaired) electrons. The molecule has 0 rings (SSSR count). The van der Waals surface area contributed by atoms with Gasteiger partial charge in [0.2, 0.25) is 5.91 Å². The van der Waals surface area contributed by atoms with Crippen LogP contribution in [0.15, 0.2) is 36.5 Å². The molecule has 57 heavy (non-hydrogen) atoms. The predicted octanol–water partition coefficient (Wildman–Crippen LogP) is 16.5. The second-order valence-corrected chi connectivity index (χ2v) is 17.6. The Bertz CT molecular complexity index is 866. The van der Waals surface area contributed by atoms with E-state index in [9.17, 15) is 15.0 Å². The molecule has 3 N–H and O–H groups in total. The zero-order chi connectivity index (χ0) is 41.4. The SMILES string of the molecule is CC/C=C\C/C=C\C/C=C\CCCCCCCCCC(=O)NC(CO)C(O)CCCCCCCCCCCCCCCCCCCCCCCCCCCCCC. The van der Waals surface area contributed by atoms with Crippen LogP contribution in [0.4, 0.5) is 0 Å². The monoisotopic (exact) mass is 800 g/mol. The van der Waals surface area contributed by atoms with Crippen LogP contribution >= 0.6 is 0 Å². The maximum atomic E-state index is 12.4. The molecular weight excluding hydrogens is 699 g/mol. The summed E-state index contributed by atoms with van der Waals surface area (Å²) in [6.45, 7) is 4.27. The fourth-order valence-electron chi connectivity index (χ4n) is 8.02. The molecule has 0 fully saturated rings. The molecular formula is C53H101NO3. The highest BCUT2D eigenvalue weighted by atomic mass is 16.3. The average molecular weight is 800 g/mol. The minimum atomic E-state index is -0.665. The van der Waals surface area contributed by atoms with Gasteiger partial charge in [0.25, 0.3) is 0 Å². The summed E-state index contributed by atoms with van der Waals surface area (Å²) in [4.78, 5) is 12.4. The van der Waals surface area contributed by atoms with Gasteiger partial charge in [0, 0.05) is 6.42 Å². The van der Waals surface area contributed by atoms with Crippen molar-refractivity contribution >= 4 is 5.91 Å². The third-order valence-corrected chi connectivity index (χ3v) is 11.9. The molecule has 2 atom stereocenters. The highest BCUT2D eigenvalue weighted by Gasteiger charge is 2.20. The van der Waals surface area contributed by atoms with Crippen molar-refractivity contribution in [3.63, 3.8) is 0 Å². The van der Waals surface area contributed by atoms with Gasteiger partial charge in [-0.05, 0) is 44.9 Å². The number of aliphatic hydroxyl groups is 2. The zero-order valence-corrected chi connectivity index (χ0v) is 38.6. The van der Waals surface area contributed by atoms with Gasteiger partial charge in [-0.15, -0.1) is 0 Å². The number of nitrogens with one attached hydrogen (secondary N) is 1. The van der Waals surface area contributed by atoms with Gasteiger partial charge in [0.05, 0.1) is 18.8 Å². The zero-order valence-electron chi connectivity index (χ0n) is 38.6. The van der Waals surface area contributed by atoms with E-state index in [1.807, 2.05) is 0 Å². The normalized spacial score (nSPS) is 13.1. The summed E-state index contributed by atoms with van der Waals surface area (Å²) in [5.74, 6) is -0.0393. The van der Waals surface area contributed by atoms with E-state index in [0.717, 1.165) is 44.9 Å². The number of hydrogen-bond donors (Lipinski definition) is 3. The molecule has 0 heterocycles. The van der Waals surface area contributed by atoms with Gasteiger partial charge in [-0.3, -0.25) is 4.79 Å². The molecule has 0 aromatic rings. The molecule has 0 saturated carbocycles. The smallest absolute Gasteiger partial charge is 0.220 e. The second-order valence-electron chi connectivity index (χ2n) is 17.6. The van der Waals surface area contributed by atoms with Crippen molar-refractivity contribution in [2.24, 2.45) is 0 Å². The summed E-state index contributed by atoms with van der Waals surface area (Å²) in [7, 11) is 0. The summed E-state index contributed by atoms with van der Waals surface area (Å²) in [6.07, 6.45) is 65.4. The van der Waals surface area contributed by atoms with Crippen LogP contribution in [0, 0.1) is 0 Å². The van der Waals surface area contributed by atoms with Gasteiger partial charge >= 0.3 is 0 Å². The van der Waals surface area contributed by atoms with Crippen LogP contribution < -0.4 is 5.32 Å². The number of carbonyl (C=O) groups excluding carboxylic acids is 1. The highest BCUT2D eigenvalue weighted by molar-refractivity contribution is 5.76. The Morgan fingerprint density at radius 2 is 0.772 bits per heavy atom. The first-order chi connectivity index (χ1) is 28.2. The lowest BCUT2D eigenvalue weighted by Gasteiger charge is -2.22. The van der Waals surface area contributed by atoms with Crippen LogP contribution in [0.25, 0.3) is 0 Å². The van der Waals surface area contributed by atoms with Crippen molar-refractivity contribution in [2.45, 2.75) is 289 Å². The molecule has 0 aromatic heterocycles. The average Bonchev–Trinajstić information content (AvgIpc) is 3.22. The molecule has 0 aliphatic carbocycles. The largest absolute Gasteiger partial charge is 0.394 e. The van der Waals surface area contributed by atoms with E-state index >= 15 is 0 Å². The number of hydrogen-bond acceptors (Lipinski definition) is 3. The van der Waals surface area contributed by atoms with Crippen LogP contribution in [0.5, 0.6) is 0 Å². The molecule has 2 unspecified atom stereocenters. The lowest BCUT2D eigenvalue weighted by molar-refractivity contribution is -0.123. The summed E-state index contributed by atoms with van der Waals surface area (Å²) in [6, 6.07) is -0.542. The Kier molecular flexibility index (Phi) is 47.8. The fraction of sp³-hybridized carbons (Fsp3) is 0.868. The molecule has 0 saturated heterocycles. The first-order valence-corrected chi connectivity index (χ1v) is 25.7. The Labute approximate surface area is 357 Å². The topological polar surface area (TPSA) is 69.6 Å². The Hall–Kier alpha value is -1.39. The number of allylic oxidation sites excluding steroid dienone is 6. The molecule has 4 heteroatoms. The fourth-order valence-corrected chi connectivity index (χ4v) is 8.02. The van der Waals surface area contributed by atoms with Crippen LogP contribution in [-0.2, 0) is 4.79 Å². The van der Waals surface area contributed by atoms with Crippen LogP contribution in [0.2, 0.25) is 0 Å². The van der Waals surface area contributed by atoms with Gasteiger partial charge in [-0.25, -0.2) is 0 Å². The minimum absolute atomic E-state index is 0.0393. The standard InChI is InChI=1S/C53H101NO3/c1-3-5-7-9-11-13-15-17-19-21-22-23-24-25-26-27-28-29-30-31-33-34-36-38-40-42-44-46-48-52(56)51(50-55)54-53(57)49-47-45-43-41-39-37-35-32-20-18-16-14-12-10-8-6-4-2/h6,8,12,14,18,20,51-52,55-56H,3-5,7,9-11,13,15-17,19,21-50H2,1-2H3,(H,54,57)/b8-6-,14-12-,20-18-. The predicted molar refractivity (Wildman–Crippen MR) is 253 cm³/mol. The van der Waals surface area contributed by atoms with E-state index < -0.39 is 12.1 Å². The van der Waals surface area contributed by atoms with Gasteiger partial charge in [0.1, 0.15) is 0 Å². The molecule has 0 bridgehead atoms. The number of carbonyl (C=O) groups is 1. The van der Waals surface area contributed by atoms with E-state index in [1.165, 1.54) is 205 Å². The van der Waals surface area contributed by atoms with Crippen LogP contribution in [0.3, 0.4) is 0 Å². The van der Waals surface area contributed by atoms with Gasteiger partial charge in [-0.1, -0.05) is 262 Å². The Balaban J connectivity index is 3.44. The Morgan fingerprint density at radius 1 is 0.439 bits per heavy atom. The lowest BCUT2D eigenvalue weighted by Crippen LogP contribution is -2.45. The van der Waals surface area contributed by atoms with Gasteiger partial charge < -0.3 is 15.5 Å². The number of aliphatic hydroxyl groups excluding tert-OH is 2. The number of unbranched alkanes of at least 4 members (excludes halogenated alkanes) is 34. The molecule has 336 valence electrons. The molecule has 0 spiro atoms. The van der Waals surface area contributed by atoms with Crippen molar-refractivity contribution in [2.75, 3.05) is 6.61 Å². The number of rotatable bonds is 47. The third kappa shape index (κ3) is 45.5. The number of amides is 1. The molecule has 0 aliphatic rings. The highest BCUT2D eigenvalue weighted by Crippen LogP contribution is 2.17. The second kappa shape index (κ2) is 49.0. The molecule has 0 aliphatic heterocycles. The van der Waals surface area contributed by atoms with Crippen LogP contribution in [-0.4, -0.2) is 34.9 Å². The lowest BCUT2D eigenvalue weighted by atomic mass is 10.0. The maximum absolute atomic E-state index is 12.4. The molecule has 4 nitrogen and oxygen atoms in total. The van der Waals surface area contributed by atoms with Crippen molar-refractivity contribution < 1.29 is 15.0 Å².